The number of aromatic nitrogens is 1. The number of carbonyl (C=O) groups is 1. The van der Waals surface area contributed by atoms with Gasteiger partial charge in [0, 0.05) is 29.1 Å². The number of primary amides is 1. The largest absolute Gasteiger partial charge is 0.392 e. The Hall–Kier alpha value is -1.76. The normalized spacial score (nSPS) is 20.0. The maximum atomic E-state index is 11.1. The molecular formula is C18H23N3O2S. The Morgan fingerprint density at radius 1 is 1.42 bits per heavy atom. The Kier molecular flexibility index (Phi) is 5.28. The Morgan fingerprint density at radius 2 is 2.17 bits per heavy atom. The second-order valence-corrected chi connectivity index (χ2v) is 7.22. The molecule has 1 fully saturated rings. The van der Waals surface area contributed by atoms with Crippen molar-refractivity contribution in [1.29, 1.82) is 0 Å². The van der Waals surface area contributed by atoms with Gasteiger partial charge in [0.05, 0.1) is 11.8 Å². The molecule has 1 aliphatic heterocycles. The van der Waals surface area contributed by atoms with Crippen LogP contribution in [0.15, 0.2) is 29.6 Å². The Labute approximate surface area is 146 Å². The monoisotopic (exact) mass is 345 g/mol. The number of thiazole rings is 1. The highest BCUT2D eigenvalue weighted by molar-refractivity contribution is 7.13. The van der Waals surface area contributed by atoms with Gasteiger partial charge in [0.25, 0.3) is 0 Å². The quantitative estimate of drug-likeness (QED) is 0.873. The number of aliphatic hydroxyl groups excluding tert-OH is 1. The minimum Gasteiger partial charge on any atom is -0.392 e. The van der Waals surface area contributed by atoms with E-state index in [9.17, 15) is 9.90 Å². The molecule has 128 valence electrons. The van der Waals surface area contributed by atoms with Crippen LogP contribution in [0.4, 0.5) is 0 Å². The van der Waals surface area contributed by atoms with Gasteiger partial charge < -0.3 is 10.8 Å². The predicted octanol–water partition coefficient (Wildman–Crippen LogP) is 2.64. The molecule has 24 heavy (non-hydrogen) atoms. The molecule has 2 unspecified atom stereocenters. The number of piperidine rings is 1. The third-order valence-corrected chi connectivity index (χ3v) is 5.49. The first kappa shape index (κ1) is 17.1. The minimum absolute atomic E-state index is 0.221. The van der Waals surface area contributed by atoms with E-state index in [0.29, 0.717) is 5.56 Å². The summed E-state index contributed by atoms with van der Waals surface area (Å²) in [6.45, 7) is 3.65. The van der Waals surface area contributed by atoms with Crippen LogP contribution in [0, 0.1) is 0 Å². The van der Waals surface area contributed by atoms with Gasteiger partial charge in [-0.05, 0) is 38.4 Å². The number of hydrogen-bond acceptors (Lipinski definition) is 5. The topological polar surface area (TPSA) is 79.5 Å². The molecule has 5 nitrogen and oxygen atoms in total. The van der Waals surface area contributed by atoms with E-state index in [1.807, 2.05) is 19.1 Å². The van der Waals surface area contributed by atoms with Gasteiger partial charge >= 0.3 is 0 Å². The van der Waals surface area contributed by atoms with Crippen molar-refractivity contribution in [1.82, 2.24) is 9.88 Å². The molecule has 2 atom stereocenters. The molecule has 0 bridgehead atoms. The van der Waals surface area contributed by atoms with E-state index in [1.165, 1.54) is 12.8 Å². The summed E-state index contributed by atoms with van der Waals surface area (Å²) in [6.07, 6.45) is 3.09. The van der Waals surface area contributed by atoms with Crippen LogP contribution < -0.4 is 5.73 Å². The smallest absolute Gasteiger partial charge is 0.248 e. The highest BCUT2D eigenvalue weighted by atomic mass is 32.1. The van der Waals surface area contributed by atoms with Crippen LogP contribution in [0.5, 0.6) is 0 Å². The van der Waals surface area contributed by atoms with Gasteiger partial charge in [-0.2, -0.15) is 0 Å². The fourth-order valence-electron chi connectivity index (χ4n) is 3.26. The zero-order chi connectivity index (χ0) is 17.1. The van der Waals surface area contributed by atoms with Crippen LogP contribution in [0.1, 0.15) is 42.2 Å². The van der Waals surface area contributed by atoms with Crippen molar-refractivity contribution in [3.63, 3.8) is 0 Å². The molecule has 2 heterocycles. The lowest BCUT2D eigenvalue weighted by molar-refractivity contribution is 0.0311. The fraction of sp³-hybridized carbons (Fsp3) is 0.444. The Balaban J connectivity index is 1.72. The summed E-state index contributed by atoms with van der Waals surface area (Å²) in [5, 5.41) is 13.0. The van der Waals surface area contributed by atoms with Crippen LogP contribution in [0.25, 0.3) is 10.6 Å². The van der Waals surface area contributed by atoms with Gasteiger partial charge in [0.2, 0.25) is 5.91 Å². The lowest BCUT2D eigenvalue weighted by atomic mass is 9.98. The van der Waals surface area contributed by atoms with Gasteiger partial charge in [-0.3, -0.25) is 9.69 Å². The summed E-state index contributed by atoms with van der Waals surface area (Å²) in [4.78, 5) is 18.2. The summed E-state index contributed by atoms with van der Waals surface area (Å²) in [6, 6.07) is 7.43. The Morgan fingerprint density at radius 3 is 2.83 bits per heavy atom. The number of hydrogen-bond donors (Lipinski definition) is 2. The fourth-order valence-corrected chi connectivity index (χ4v) is 4.07. The Bertz CT molecular complexity index is 697. The third kappa shape index (κ3) is 3.83. The van der Waals surface area contributed by atoms with Crippen molar-refractivity contribution in [2.75, 3.05) is 6.54 Å². The summed E-state index contributed by atoms with van der Waals surface area (Å²) >= 11 is 1.60. The SMILES string of the molecule is CC(O)C1CCCCN1Cc1csc(-c2ccc(C(N)=O)cc2)n1. The standard InChI is InChI=1S/C18H23N3O2S/c1-12(22)16-4-2-3-9-21(16)10-15-11-24-18(20-15)14-7-5-13(6-8-14)17(19)23/h5-8,11-12,16,22H,2-4,9-10H2,1H3,(H2,19,23). The van der Waals surface area contributed by atoms with Crippen molar-refractivity contribution >= 4 is 17.2 Å². The van der Waals surface area contributed by atoms with Crippen molar-refractivity contribution in [3.8, 4) is 10.6 Å². The second-order valence-electron chi connectivity index (χ2n) is 6.36. The van der Waals surface area contributed by atoms with E-state index in [1.54, 1.807) is 23.5 Å². The molecule has 1 saturated heterocycles. The molecule has 3 rings (SSSR count). The molecule has 1 amide bonds. The van der Waals surface area contributed by atoms with Gasteiger partial charge in [-0.15, -0.1) is 11.3 Å². The number of rotatable bonds is 5. The molecule has 1 aromatic carbocycles. The highest BCUT2D eigenvalue weighted by Crippen LogP contribution is 2.27. The lowest BCUT2D eigenvalue weighted by Crippen LogP contribution is -2.45. The van der Waals surface area contributed by atoms with E-state index < -0.39 is 5.91 Å². The predicted molar refractivity (Wildman–Crippen MR) is 95.8 cm³/mol. The summed E-state index contributed by atoms with van der Waals surface area (Å²) in [7, 11) is 0. The van der Waals surface area contributed by atoms with Crippen LogP contribution in [0.2, 0.25) is 0 Å². The number of nitrogens with two attached hydrogens (primary N) is 1. The minimum atomic E-state index is -0.421. The van der Waals surface area contributed by atoms with Gasteiger partial charge in [0.15, 0.2) is 0 Å². The van der Waals surface area contributed by atoms with Crippen molar-refractivity contribution in [2.24, 2.45) is 5.73 Å². The molecule has 0 spiro atoms. The maximum absolute atomic E-state index is 11.1. The molecule has 0 saturated carbocycles. The zero-order valence-electron chi connectivity index (χ0n) is 13.8. The molecule has 6 heteroatoms. The number of amides is 1. The van der Waals surface area contributed by atoms with E-state index in [2.05, 4.69) is 10.3 Å². The molecule has 0 aliphatic carbocycles. The van der Waals surface area contributed by atoms with Gasteiger partial charge in [-0.25, -0.2) is 4.98 Å². The number of carbonyl (C=O) groups excluding carboxylic acids is 1. The van der Waals surface area contributed by atoms with Gasteiger partial charge in [0.1, 0.15) is 5.01 Å². The van der Waals surface area contributed by atoms with E-state index in [-0.39, 0.29) is 12.1 Å². The van der Waals surface area contributed by atoms with E-state index in [4.69, 9.17) is 10.7 Å². The van der Waals surface area contributed by atoms with Crippen molar-refractivity contribution in [3.05, 3.63) is 40.9 Å². The number of likely N-dealkylation sites (tertiary alicyclic amines) is 1. The van der Waals surface area contributed by atoms with E-state index in [0.717, 1.165) is 35.8 Å². The third-order valence-electron chi connectivity index (χ3n) is 4.55. The average Bonchev–Trinajstić information content (AvgIpc) is 3.04. The van der Waals surface area contributed by atoms with Crippen LogP contribution in [-0.4, -0.2) is 39.6 Å². The first-order valence-corrected chi connectivity index (χ1v) is 9.19. The van der Waals surface area contributed by atoms with E-state index >= 15 is 0 Å². The summed E-state index contributed by atoms with van der Waals surface area (Å²) in [5.74, 6) is -0.421. The molecule has 1 aromatic heterocycles. The van der Waals surface area contributed by atoms with Crippen LogP contribution >= 0.6 is 11.3 Å². The lowest BCUT2D eigenvalue weighted by Gasteiger charge is -2.36. The number of nitrogens with zero attached hydrogens (tertiary/aromatic N) is 2. The summed E-state index contributed by atoms with van der Waals surface area (Å²) < 4.78 is 0. The van der Waals surface area contributed by atoms with Crippen molar-refractivity contribution in [2.45, 2.75) is 44.9 Å². The summed E-state index contributed by atoms with van der Waals surface area (Å²) in [5.41, 5.74) is 7.79. The number of benzene rings is 1. The molecule has 3 N–H and O–H groups in total. The molecular weight excluding hydrogens is 322 g/mol. The average molecular weight is 345 g/mol. The second kappa shape index (κ2) is 7.42. The first-order chi connectivity index (χ1) is 11.5. The molecule has 1 aliphatic rings. The highest BCUT2D eigenvalue weighted by Gasteiger charge is 2.26. The van der Waals surface area contributed by atoms with Crippen molar-refractivity contribution < 1.29 is 9.90 Å². The first-order valence-electron chi connectivity index (χ1n) is 8.31. The molecule has 2 aromatic rings. The molecule has 0 radical (unpaired) electrons. The van der Waals surface area contributed by atoms with Crippen LogP contribution in [0.3, 0.4) is 0 Å². The van der Waals surface area contributed by atoms with Gasteiger partial charge in [-0.1, -0.05) is 18.6 Å². The van der Waals surface area contributed by atoms with Crippen LogP contribution in [-0.2, 0) is 6.54 Å². The number of aliphatic hydroxyl groups is 1. The zero-order valence-corrected chi connectivity index (χ0v) is 14.6. The maximum Gasteiger partial charge on any atom is 0.248 e.